The van der Waals surface area contributed by atoms with Crippen molar-refractivity contribution in [2.24, 2.45) is 5.16 Å². The van der Waals surface area contributed by atoms with Crippen molar-refractivity contribution in [1.29, 1.82) is 0 Å². The van der Waals surface area contributed by atoms with E-state index in [4.69, 9.17) is 5.21 Å². The van der Waals surface area contributed by atoms with Gasteiger partial charge in [0.05, 0.1) is 0 Å². The first-order chi connectivity index (χ1) is 6.14. The first-order valence-electron chi connectivity index (χ1n) is 3.17. The molecule has 0 saturated heterocycles. The van der Waals surface area contributed by atoms with Crippen LogP contribution in [0.3, 0.4) is 0 Å². The van der Waals surface area contributed by atoms with Crippen molar-refractivity contribution >= 4 is 5.71 Å². The summed E-state index contributed by atoms with van der Waals surface area (Å²) in [5.41, 5.74) is -2.33. The Bertz CT molecular complexity index is 219. The summed E-state index contributed by atoms with van der Waals surface area (Å²) in [5.74, 6) is 0. The minimum atomic E-state index is -5.34. The molecule has 0 aromatic rings. The highest BCUT2D eigenvalue weighted by Gasteiger charge is 2.52. The van der Waals surface area contributed by atoms with Gasteiger partial charge in [0.1, 0.15) is 0 Å². The first kappa shape index (κ1) is 13.0. The number of hydrogen-bond acceptors (Lipinski definition) is 3. The Morgan fingerprint density at radius 2 is 1.64 bits per heavy atom. The summed E-state index contributed by atoms with van der Waals surface area (Å²) in [5, 5.41) is 10.8. The van der Waals surface area contributed by atoms with Crippen LogP contribution in [0.1, 0.15) is 0 Å². The molecule has 0 heterocycles. The monoisotopic (exact) mass is 224 g/mol. The predicted molar refractivity (Wildman–Crippen MR) is 34.2 cm³/mol. The number of nitrogens with one attached hydrogen (secondary N) is 1. The molecule has 0 aromatic heterocycles. The van der Waals surface area contributed by atoms with E-state index in [0.29, 0.717) is 7.05 Å². The molecule has 1 atom stereocenters. The lowest BCUT2D eigenvalue weighted by Crippen LogP contribution is -2.51. The van der Waals surface area contributed by atoms with Gasteiger partial charge in [0.2, 0.25) is 0 Å². The van der Waals surface area contributed by atoms with E-state index in [9.17, 15) is 26.3 Å². The van der Waals surface area contributed by atoms with Gasteiger partial charge in [0.15, 0.2) is 11.8 Å². The van der Waals surface area contributed by atoms with Crippen LogP contribution in [0.2, 0.25) is 0 Å². The van der Waals surface area contributed by atoms with Crippen molar-refractivity contribution in [3.63, 3.8) is 0 Å². The normalized spacial score (nSPS) is 16.9. The largest absolute Gasteiger partial charge is 0.434 e. The van der Waals surface area contributed by atoms with Gasteiger partial charge in [-0.2, -0.15) is 26.3 Å². The molecule has 1 unspecified atom stereocenters. The van der Waals surface area contributed by atoms with Gasteiger partial charge in [-0.15, -0.1) is 0 Å². The summed E-state index contributed by atoms with van der Waals surface area (Å²) in [6.07, 6.45) is -10.5. The predicted octanol–water partition coefficient (Wildman–Crippen LogP) is 1.53. The molecular weight excluding hydrogens is 218 g/mol. The van der Waals surface area contributed by atoms with Crippen LogP contribution in [0.4, 0.5) is 26.3 Å². The second-order valence-electron chi connectivity index (χ2n) is 2.25. The van der Waals surface area contributed by atoms with Crippen molar-refractivity contribution in [3.8, 4) is 0 Å². The third-order valence-corrected chi connectivity index (χ3v) is 1.29. The summed E-state index contributed by atoms with van der Waals surface area (Å²) in [7, 11) is 0.676. The fourth-order valence-corrected chi connectivity index (χ4v) is 0.733. The van der Waals surface area contributed by atoms with E-state index >= 15 is 0 Å². The van der Waals surface area contributed by atoms with E-state index in [2.05, 4.69) is 0 Å². The maximum atomic E-state index is 11.9. The molecule has 0 aromatic carbocycles. The minimum Gasteiger partial charge on any atom is -0.411 e. The summed E-state index contributed by atoms with van der Waals surface area (Å²) in [6, 6.07) is -3.03. The standard InChI is InChI=1S/C5H6F6N2O/c1-12-2(4(6,7)8)3(13-14)5(9,10)11/h2,12,14H,1H3/b13-3-. The van der Waals surface area contributed by atoms with Crippen LogP contribution in [0.25, 0.3) is 0 Å². The van der Waals surface area contributed by atoms with Crippen LogP contribution in [0, 0.1) is 0 Å². The second-order valence-corrected chi connectivity index (χ2v) is 2.25. The Morgan fingerprint density at radius 1 is 1.21 bits per heavy atom. The third kappa shape index (κ3) is 3.05. The fourth-order valence-electron chi connectivity index (χ4n) is 0.733. The van der Waals surface area contributed by atoms with Gasteiger partial charge in [0.25, 0.3) is 0 Å². The molecule has 2 N–H and O–H groups in total. The van der Waals surface area contributed by atoms with E-state index < -0.39 is 24.1 Å². The first-order valence-corrected chi connectivity index (χ1v) is 3.17. The molecule has 0 aliphatic rings. The Balaban J connectivity index is 5.03. The summed E-state index contributed by atoms with van der Waals surface area (Å²) in [4.78, 5) is 0. The molecule has 84 valence electrons. The van der Waals surface area contributed by atoms with Crippen LogP contribution in [0.15, 0.2) is 5.16 Å². The highest BCUT2D eigenvalue weighted by molar-refractivity contribution is 5.94. The molecular formula is C5H6F6N2O. The zero-order valence-corrected chi connectivity index (χ0v) is 6.74. The van der Waals surface area contributed by atoms with Crippen molar-refractivity contribution in [2.45, 2.75) is 18.4 Å². The molecule has 0 aliphatic heterocycles. The van der Waals surface area contributed by atoms with Crippen LogP contribution in [-0.4, -0.2) is 36.4 Å². The number of hydrogen-bond donors (Lipinski definition) is 2. The molecule has 0 rings (SSSR count). The minimum absolute atomic E-state index is 0.676. The summed E-state index contributed by atoms with van der Waals surface area (Å²) < 4.78 is 71.4. The topological polar surface area (TPSA) is 44.6 Å². The number of oxime groups is 1. The number of halogens is 6. The lowest BCUT2D eigenvalue weighted by Gasteiger charge is -2.21. The smallest absolute Gasteiger partial charge is 0.411 e. The summed E-state index contributed by atoms with van der Waals surface area (Å²) >= 11 is 0. The third-order valence-electron chi connectivity index (χ3n) is 1.29. The molecule has 0 fully saturated rings. The quantitative estimate of drug-likeness (QED) is 0.323. The van der Waals surface area contributed by atoms with Gasteiger partial charge < -0.3 is 10.5 Å². The molecule has 0 bridgehead atoms. The van der Waals surface area contributed by atoms with Gasteiger partial charge in [-0.25, -0.2) is 0 Å². The number of rotatable bonds is 2. The molecule has 0 aliphatic carbocycles. The van der Waals surface area contributed by atoms with E-state index in [1.54, 1.807) is 5.16 Å². The molecule has 14 heavy (non-hydrogen) atoms. The SMILES string of the molecule is CNC(/C(=N/O)C(F)(F)F)C(F)(F)F. The van der Waals surface area contributed by atoms with Crippen molar-refractivity contribution in [3.05, 3.63) is 0 Å². The molecule has 9 heteroatoms. The molecule has 0 radical (unpaired) electrons. The van der Waals surface area contributed by atoms with Crippen molar-refractivity contribution in [2.75, 3.05) is 7.05 Å². The van der Waals surface area contributed by atoms with Crippen LogP contribution >= 0.6 is 0 Å². The van der Waals surface area contributed by atoms with Crippen LogP contribution < -0.4 is 5.32 Å². The highest BCUT2D eigenvalue weighted by atomic mass is 19.4. The lowest BCUT2D eigenvalue weighted by atomic mass is 10.1. The van der Waals surface area contributed by atoms with Crippen LogP contribution in [0.5, 0.6) is 0 Å². The Morgan fingerprint density at radius 3 is 1.71 bits per heavy atom. The maximum Gasteiger partial charge on any atom is 0.434 e. The van der Waals surface area contributed by atoms with Gasteiger partial charge in [-0.3, -0.25) is 0 Å². The summed E-state index contributed by atoms with van der Waals surface area (Å²) in [6.45, 7) is 0. The zero-order valence-electron chi connectivity index (χ0n) is 6.74. The fraction of sp³-hybridized carbons (Fsp3) is 0.800. The van der Waals surface area contributed by atoms with Crippen molar-refractivity contribution < 1.29 is 31.5 Å². The average Bonchev–Trinajstić information content (AvgIpc) is 1.94. The van der Waals surface area contributed by atoms with Gasteiger partial charge >= 0.3 is 12.4 Å². The van der Waals surface area contributed by atoms with Gasteiger partial charge in [0, 0.05) is 0 Å². The lowest BCUT2D eigenvalue weighted by molar-refractivity contribution is -0.148. The van der Waals surface area contributed by atoms with E-state index in [1.165, 1.54) is 5.32 Å². The molecule has 3 nitrogen and oxygen atoms in total. The number of alkyl halides is 6. The Labute approximate surface area is 74.4 Å². The highest BCUT2D eigenvalue weighted by Crippen LogP contribution is 2.28. The van der Waals surface area contributed by atoms with Gasteiger partial charge in [-0.05, 0) is 7.05 Å². The zero-order chi connectivity index (χ0) is 11.6. The van der Waals surface area contributed by atoms with E-state index in [-0.39, 0.29) is 0 Å². The Kier molecular flexibility index (Phi) is 3.74. The molecule has 0 saturated carbocycles. The number of nitrogens with zero attached hydrogens (tertiary/aromatic N) is 1. The second kappa shape index (κ2) is 4.03. The maximum absolute atomic E-state index is 11.9. The molecule has 0 spiro atoms. The van der Waals surface area contributed by atoms with Gasteiger partial charge in [-0.1, -0.05) is 5.16 Å². The average molecular weight is 224 g/mol. The Hall–Kier alpha value is -0.990. The van der Waals surface area contributed by atoms with Crippen LogP contribution in [-0.2, 0) is 0 Å². The van der Waals surface area contributed by atoms with E-state index in [1.807, 2.05) is 0 Å². The molecule has 0 amide bonds. The van der Waals surface area contributed by atoms with E-state index in [0.717, 1.165) is 0 Å². The van der Waals surface area contributed by atoms with Crippen molar-refractivity contribution in [1.82, 2.24) is 5.32 Å².